The average molecular weight is 463 g/mol. The monoisotopic (exact) mass is 462 g/mol. The van der Waals surface area contributed by atoms with Crippen LogP contribution in [-0.4, -0.2) is 71.4 Å². The van der Waals surface area contributed by atoms with Crippen LogP contribution in [0.25, 0.3) is 0 Å². The molecule has 0 aliphatic carbocycles. The number of carbonyl (C=O) groups excluding carboxylic acids is 2. The second kappa shape index (κ2) is 11.0. The van der Waals surface area contributed by atoms with Crippen LogP contribution < -0.4 is 5.32 Å². The number of hydrogen-bond donors (Lipinski definition) is 1. The molecule has 0 unspecified atom stereocenters. The number of likely N-dealkylation sites (tertiary alicyclic amines) is 1. The number of benzene rings is 2. The molecule has 0 bridgehead atoms. The number of piperazine rings is 1. The van der Waals surface area contributed by atoms with Crippen LogP contribution in [0.3, 0.4) is 0 Å². The van der Waals surface area contributed by atoms with Crippen LogP contribution >= 0.6 is 0 Å². The molecular weight excluding hydrogens is 424 g/mol. The lowest BCUT2D eigenvalue weighted by molar-refractivity contribution is -0.129. The van der Waals surface area contributed by atoms with E-state index in [9.17, 15) is 9.59 Å². The summed E-state index contributed by atoms with van der Waals surface area (Å²) in [5, 5.41) is 3.27. The van der Waals surface area contributed by atoms with E-state index in [2.05, 4.69) is 84.7 Å². The molecule has 0 aromatic heterocycles. The summed E-state index contributed by atoms with van der Waals surface area (Å²) in [5.74, 6) is 0.465. The number of amides is 3. The Balaban J connectivity index is 1.47. The minimum atomic E-state index is 0.0376. The van der Waals surface area contributed by atoms with E-state index in [0.717, 1.165) is 39.0 Å². The van der Waals surface area contributed by atoms with E-state index in [1.54, 1.807) is 6.92 Å². The molecule has 2 aromatic rings. The molecule has 34 heavy (non-hydrogen) atoms. The highest BCUT2D eigenvalue weighted by Gasteiger charge is 2.36. The van der Waals surface area contributed by atoms with Crippen molar-refractivity contribution in [3.63, 3.8) is 0 Å². The van der Waals surface area contributed by atoms with Crippen molar-refractivity contribution in [2.75, 3.05) is 32.7 Å². The Morgan fingerprint density at radius 2 is 1.41 bits per heavy atom. The first kappa shape index (κ1) is 24.3. The molecule has 1 N–H and O–H groups in total. The lowest BCUT2D eigenvalue weighted by Gasteiger charge is -2.46. The Morgan fingerprint density at radius 3 is 1.91 bits per heavy atom. The summed E-state index contributed by atoms with van der Waals surface area (Å²) in [6.07, 6.45) is 1.64. The summed E-state index contributed by atoms with van der Waals surface area (Å²) in [4.78, 5) is 31.4. The number of hydrogen-bond acceptors (Lipinski definition) is 3. The third-order valence-corrected chi connectivity index (χ3v) is 7.34. The van der Waals surface area contributed by atoms with Crippen LogP contribution in [0.1, 0.15) is 50.8 Å². The second-order valence-corrected chi connectivity index (χ2v) is 9.95. The number of carbonyl (C=O) groups is 2. The van der Waals surface area contributed by atoms with Crippen molar-refractivity contribution in [3.8, 4) is 0 Å². The van der Waals surface area contributed by atoms with Crippen LogP contribution in [0.4, 0.5) is 4.79 Å². The van der Waals surface area contributed by atoms with E-state index in [4.69, 9.17) is 0 Å². The first-order valence-corrected chi connectivity index (χ1v) is 12.6. The van der Waals surface area contributed by atoms with Gasteiger partial charge in [0.15, 0.2) is 0 Å². The van der Waals surface area contributed by atoms with Crippen molar-refractivity contribution in [2.45, 2.75) is 51.7 Å². The molecule has 2 heterocycles. The predicted octanol–water partition coefficient (Wildman–Crippen LogP) is 4.14. The molecule has 3 amide bonds. The predicted molar refractivity (Wildman–Crippen MR) is 135 cm³/mol. The molecular formula is C28H38N4O2. The largest absolute Gasteiger partial charge is 0.343 e. The van der Waals surface area contributed by atoms with E-state index >= 15 is 0 Å². The molecule has 182 valence electrons. The Morgan fingerprint density at radius 1 is 0.853 bits per heavy atom. The van der Waals surface area contributed by atoms with Gasteiger partial charge in [-0.15, -0.1) is 0 Å². The average Bonchev–Trinajstić information content (AvgIpc) is 2.86. The number of piperidine rings is 1. The zero-order chi connectivity index (χ0) is 24.1. The summed E-state index contributed by atoms with van der Waals surface area (Å²) in [6, 6.07) is 21.8. The van der Waals surface area contributed by atoms with Crippen molar-refractivity contribution in [2.24, 2.45) is 5.92 Å². The van der Waals surface area contributed by atoms with Crippen LogP contribution in [0.5, 0.6) is 0 Å². The molecule has 2 aromatic carbocycles. The summed E-state index contributed by atoms with van der Waals surface area (Å²) in [7, 11) is 0. The van der Waals surface area contributed by atoms with E-state index in [1.165, 1.54) is 11.1 Å². The maximum Gasteiger partial charge on any atom is 0.317 e. The normalized spacial score (nSPS) is 20.1. The Labute approximate surface area is 203 Å². The van der Waals surface area contributed by atoms with Gasteiger partial charge in [0.05, 0.1) is 6.04 Å². The van der Waals surface area contributed by atoms with Gasteiger partial charge in [-0.25, -0.2) is 4.79 Å². The van der Waals surface area contributed by atoms with Crippen LogP contribution in [0.15, 0.2) is 60.7 Å². The van der Waals surface area contributed by atoms with E-state index in [-0.39, 0.29) is 30.1 Å². The quantitative estimate of drug-likeness (QED) is 0.727. The first-order chi connectivity index (χ1) is 16.4. The molecule has 2 aliphatic rings. The SMILES string of the molecule is CC(=O)N1CCC(NC(=O)N2CCN(C(c3ccccc3)c3ccccc3)C[C@@H]2C(C)C)CC1. The topological polar surface area (TPSA) is 55.9 Å². The molecule has 2 saturated heterocycles. The van der Waals surface area contributed by atoms with E-state index < -0.39 is 0 Å². The van der Waals surface area contributed by atoms with E-state index in [1.807, 2.05) is 9.80 Å². The standard InChI is InChI=1S/C28H38N4O2/c1-21(2)26-20-31(27(23-10-6-4-7-11-23)24-12-8-5-9-13-24)18-19-32(26)28(34)29-25-14-16-30(17-15-25)22(3)33/h4-13,21,25-27H,14-20H2,1-3H3,(H,29,34)/t26-/m1/s1. The Hall–Kier alpha value is -2.86. The van der Waals surface area contributed by atoms with Gasteiger partial charge < -0.3 is 15.1 Å². The molecule has 6 nitrogen and oxygen atoms in total. The highest BCUT2D eigenvalue weighted by Crippen LogP contribution is 2.32. The van der Waals surface area contributed by atoms with Crippen molar-refractivity contribution >= 4 is 11.9 Å². The third kappa shape index (κ3) is 5.61. The zero-order valence-corrected chi connectivity index (χ0v) is 20.7. The van der Waals surface area contributed by atoms with Gasteiger partial charge in [-0.2, -0.15) is 0 Å². The lowest BCUT2D eigenvalue weighted by Crippen LogP contribution is -2.61. The number of nitrogens with zero attached hydrogens (tertiary/aromatic N) is 3. The molecule has 0 saturated carbocycles. The fourth-order valence-corrected chi connectivity index (χ4v) is 5.37. The number of nitrogens with one attached hydrogen (secondary N) is 1. The summed E-state index contributed by atoms with van der Waals surface area (Å²) >= 11 is 0. The Kier molecular flexibility index (Phi) is 7.88. The van der Waals surface area contributed by atoms with Crippen molar-refractivity contribution < 1.29 is 9.59 Å². The van der Waals surface area contributed by atoms with Gasteiger partial charge in [-0.05, 0) is 29.9 Å². The molecule has 1 atom stereocenters. The van der Waals surface area contributed by atoms with Crippen LogP contribution in [0, 0.1) is 5.92 Å². The summed E-state index contributed by atoms with van der Waals surface area (Å²) < 4.78 is 0. The third-order valence-electron chi connectivity index (χ3n) is 7.34. The number of rotatable bonds is 5. The highest BCUT2D eigenvalue weighted by atomic mass is 16.2. The van der Waals surface area contributed by atoms with Gasteiger partial charge in [-0.1, -0.05) is 74.5 Å². The van der Waals surface area contributed by atoms with E-state index in [0.29, 0.717) is 12.5 Å². The minimum Gasteiger partial charge on any atom is -0.343 e. The fraction of sp³-hybridized carbons (Fsp3) is 0.500. The maximum atomic E-state index is 13.3. The second-order valence-electron chi connectivity index (χ2n) is 9.95. The van der Waals surface area contributed by atoms with Crippen molar-refractivity contribution in [1.29, 1.82) is 0 Å². The smallest absolute Gasteiger partial charge is 0.317 e. The molecule has 0 radical (unpaired) electrons. The molecule has 2 aliphatic heterocycles. The van der Waals surface area contributed by atoms with Crippen molar-refractivity contribution in [1.82, 2.24) is 20.0 Å². The van der Waals surface area contributed by atoms with Gasteiger partial charge in [-0.3, -0.25) is 9.69 Å². The van der Waals surface area contributed by atoms with Gasteiger partial charge >= 0.3 is 6.03 Å². The number of urea groups is 1. The molecule has 6 heteroatoms. The molecule has 2 fully saturated rings. The van der Waals surface area contributed by atoms with Gasteiger partial charge in [0.25, 0.3) is 0 Å². The first-order valence-electron chi connectivity index (χ1n) is 12.6. The van der Waals surface area contributed by atoms with Crippen LogP contribution in [-0.2, 0) is 4.79 Å². The summed E-state index contributed by atoms with van der Waals surface area (Å²) in [6.45, 7) is 9.84. The zero-order valence-electron chi connectivity index (χ0n) is 20.7. The summed E-state index contributed by atoms with van der Waals surface area (Å²) in [5.41, 5.74) is 2.57. The lowest BCUT2D eigenvalue weighted by atomic mass is 9.93. The Bertz CT molecular complexity index is 902. The van der Waals surface area contributed by atoms with Gasteiger partial charge in [0, 0.05) is 51.7 Å². The minimum absolute atomic E-state index is 0.0376. The van der Waals surface area contributed by atoms with Crippen LogP contribution in [0.2, 0.25) is 0 Å². The molecule has 0 spiro atoms. The highest BCUT2D eigenvalue weighted by molar-refractivity contribution is 5.75. The van der Waals surface area contributed by atoms with Gasteiger partial charge in [0.2, 0.25) is 5.91 Å². The fourth-order valence-electron chi connectivity index (χ4n) is 5.37. The van der Waals surface area contributed by atoms with Gasteiger partial charge in [0.1, 0.15) is 0 Å². The van der Waals surface area contributed by atoms with Crippen molar-refractivity contribution in [3.05, 3.63) is 71.8 Å². The maximum absolute atomic E-state index is 13.3. The molecule has 4 rings (SSSR count).